The first-order valence-corrected chi connectivity index (χ1v) is 11.4. The number of carbonyl (C=O) groups is 2. The number of hydrogen-bond donors (Lipinski definition) is 3. The monoisotopic (exact) mass is 434 g/mol. The number of thioether (sulfide) groups is 1. The van der Waals surface area contributed by atoms with Gasteiger partial charge in [0.25, 0.3) is 0 Å². The lowest BCUT2D eigenvalue weighted by atomic mass is 10.0. The number of ether oxygens (including phenoxy) is 2. The van der Waals surface area contributed by atoms with Crippen LogP contribution in [0, 0.1) is 0 Å². The number of carbonyl (C=O) groups excluding carboxylic acids is 2. The van der Waals surface area contributed by atoms with Crippen molar-refractivity contribution in [2.45, 2.75) is 56.6 Å². The van der Waals surface area contributed by atoms with Crippen molar-refractivity contribution in [2.75, 3.05) is 25.6 Å². The molecule has 3 aliphatic heterocycles. The fraction of sp³-hybridized carbons (Fsp3) is 0.619. The third kappa shape index (κ3) is 4.78. The van der Waals surface area contributed by atoms with E-state index in [9.17, 15) is 9.59 Å². The Morgan fingerprint density at radius 1 is 1.23 bits per heavy atom. The molecule has 30 heavy (non-hydrogen) atoms. The largest absolute Gasteiger partial charge is 0.454 e. The molecule has 0 bridgehead atoms. The highest BCUT2D eigenvalue weighted by Gasteiger charge is 2.44. The second-order valence-corrected chi connectivity index (χ2v) is 10.5. The van der Waals surface area contributed by atoms with Crippen LogP contribution >= 0.6 is 11.8 Å². The molecule has 3 N–H and O–H groups in total. The smallest absolute Gasteiger partial charge is 0.317 e. The molecule has 4 rings (SSSR count). The number of piperidine rings is 1. The molecule has 1 aromatic carbocycles. The van der Waals surface area contributed by atoms with E-state index < -0.39 is 0 Å². The predicted molar refractivity (Wildman–Crippen MR) is 116 cm³/mol. The van der Waals surface area contributed by atoms with Crippen molar-refractivity contribution in [3.8, 4) is 11.5 Å². The normalized spacial score (nSPS) is 22.2. The topological polar surface area (TPSA) is 91.9 Å². The van der Waals surface area contributed by atoms with Crippen molar-refractivity contribution in [3.63, 3.8) is 0 Å². The Bertz CT molecular complexity index is 818. The van der Waals surface area contributed by atoms with Crippen LogP contribution in [0.5, 0.6) is 11.5 Å². The van der Waals surface area contributed by atoms with Crippen LogP contribution in [0.3, 0.4) is 0 Å². The van der Waals surface area contributed by atoms with Gasteiger partial charge in [-0.3, -0.25) is 10.1 Å². The second-order valence-electron chi connectivity index (χ2n) is 9.07. The zero-order valence-electron chi connectivity index (χ0n) is 17.7. The third-order valence-corrected chi connectivity index (χ3v) is 7.10. The van der Waals surface area contributed by atoms with E-state index in [-0.39, 0.29) is 35.2 Å². The number of benzene rings is 1. The van der Waals surface area contributed by atoms with Crippen LogP contribution < -0.4 is 25.4 Å². The number of nitrogens with zero attached hydrogens (tertiary/aromatic N) is 1. The molecule has 164 valence electrons. The lowest BCUT2D eigenvalue weighted by molar-refractivity contribution is -0.122. The maximum absolute atomic E-state index is 12.7. The number of urea groups is 1. The number of fused-ring (bicyclic) bond motifs is 1. The third-order valence-electron chi connectivity index (χ3n) is 5.52. The minimum absolute atomic E-state index is 0.00458. The van der Waals surface area contributed by atoms with Gasteiger partial charge in [-0.2, -0.15) is 0 Å². The quantitative estimate of drug-likeness (QED) is 0.674. The first-order valence-electron chi connectivity index (χ1n) is 10.4. The highest BCUT2D eigenvalue weighted by Crippen LogP contribution is 2.39. The Hall–Kier alpha value is -2.13. The fourth-order valence-electron chi connectivity index (χ4n) is 3.91. The van der Waals surface area contributed by atoms with E-state index >= 15 is 0 Å². The molecular weight excluding hydrogens is 404 g/mol. The van der Waals surface area contributed by atoms with Gasteiger partial charge < -0.3 is 25.0 Å². The van der Waals surface area contributed by atoms with Crippen LogP contribution in [0.25, 0.3) is 0 Å². The highest BCUT2D eigenvalue weighted by molar-refractivity contribution is 8.01. The summed E-state index contributed by atoms with van der Waals surface area (Å²) in [7, 11) is 0. The average molecular weight is 435 g/mol. The lowest BCUT2D eigenvalue weighted by Crippen LogP contribution is -2.57. The molecule has 1 unspecified atom stereocenters. The number of hydrogen-bond acceptors (Lipinski definition) is 6. The van der Waals surface area contributed by atoms with Gasteiger partial charge in [-0.15, -0.1) is 11.8 Å². The van der Waals surface area contributed by atoms with E-state index in [1.165, 1.54) is 0 Å². The molecule has 0 radical (unpaired) electrons. The van der Waals surface area contributed by atoms with Crippen molar-refractivity contribution in [1.82, 2.24) is 20.9 Å². The van der Waals surface area contributed by atoms with E-state index in [4.69, 9.17) is 9.47 Å². The zero-order valence-corrected chi connectivity index (χ0v) is 18.6. The van der Waals surface area contributed by atoms with Crippen molar-refractivity contribution in [2.24, 2.45) is 0 Å². The Morgan fingerprint density at radius 2 is 1.97 bits per heavy atom. The fourth-order valence-corrected chi connectivity index (χ4v) is 5.33. The minimum atomic E-state index is -0.242. The number of rotatable bonds is 3. The van der Waals surface area contributed by atoms with Gasteiger partial charge in [0, 0.05) is 30.9 Å². The van der Waals surface area contributed by atoms with Crippen LogP contribution in [0.15, 0.2) is 18.2 Å². The van der Waals surface area contributed by atoms with Crippen molar-refractivity contribution >= 4 is 23.7 Å². The second kappa shape index (κ2) is 8.19. The van der Waals surface area contributed by atoms with Crippen LogP contribution in [-0.4, -0.2) is 58.9 Å². The predicted octanol–water partition coefficient (Wildman–Crippen LogP) is 2.04. The first-order chi connectivity index (χ1) is 14.2. The zero-order chi connectivity index (χ0) is 21.4. The van der Waals surface area contributed by atoms with Gasteiger partial charge in [0.05, 0.1) is 10.9 Å². The van der Waals surface area contributed by atoms with Gasteiger partial charge in [0.1, 0.15) is 0 Å². The summed E-state index contributed by atoms with van der Waals surface area (Å²) in [6.45, 7) is 8.02. The SMILES string of the molecule is CC(C)(C)NC(=O)N1CCC2(CC1)NC(C(=O)NCc1ccc3c(c1)OCO3)CS2. The van der Waals surface area contributed by atoms with Gasteiger partial charge >= 0.3 is 6.03 Å². The van der Waals surface area contributed by atoms with Crippen LogP contribution in [0.4, 0.5) is 4.79 Å². The van der Waals surface area contributed by atoms with E-state index in [1.54, 1.807) is 11.8 Å². The molecule has 2 fully saturated rings. The van der Waals surface area contributed by atoms with Crippen molar-refractivity contribution in [1.29, 1.82) is 0 Å². The number of nitrogens with one attached hydrogen (secondary N) is 3. The van der Waals surface area contributed by atoms with Crippen molar-refractivity contribution < 1.29 is 19.1 Å². The standard InChI is InChI=1S/C21H30N4O4S/c1-20(2,3)24-19(27)25-8-6-21(7-9-25)23-15(12-30-21)18(26)22-11-14-4-5-16-17(10-14)29-13-28-16/h4-5,10,15,23H,6-9,11-13H2,1-3H3,(H,22,26)(H,24,27). The summed E-state index contributed by atoms with van der Waals surface area (Å²) in [6.07, 6.45) is 1.67. The molecule has 8 nitrogen and oxygen atoms in total. The molecule has 1 aromatic rings. The van der Waals surface area contributed by atoms with E-state index in [0.717, 1.165) is 35.7 Å². The minimum Gasteiger partial charge on any atom is -0.454 e. The van der Waals surface area contributed by atoms with Gasteiger partial charge in [0.15, 0.2) is 11.5 Å². The molecule has 3 heterocycles. The summed E-state index contributed by atoms with van der Waals surface area (Å²) in [5.41, 5.74) is 0.736. The molecule has 0 saturated carbocycles. The Morgan fingerprint density at radius 3 is 2.70 bits per heavy atom. The summed E-state index contributed by atoms with van der Waals surface area (Å²) in [5.74, 6) is 2.20. The maximum Gasteiger partial charge on any atom is 0.317 e. The molecule has 0 aromatic heterocycles. The summed E-state index contributed by atoms with van der Waals surface area (Å²) in [6, 6.07) is 5.47. The van der Waals surface area contributed by atoms with Gasteiger partial charge in [-0.1, -0.05) is 6.07 Å². The molecule has 3 aliphatic rings. The van der Waals surface area contributed by atoms with Gasteiger partial charge in [0.2, 0.25) is 12.7 Å². The molecule has 9 heteroatoms. The molecule has 2 saturated heterocycles. The summed E-state index contributed by atoms with van der Waals surface area (Å²) < 4.78 is 10.7. The van der Waals surface area contributed by atoms with Crippen LogP contribution in [0.1, 0.15) is 39.2 Å². The number of likely N-dealkylation sites (tertiary alicyclic amines) is 1. The van der Waals surface area contributed by atoms with E-state index in [0.29, 0.717) is 19.6 Å². The maximum atomic E-state index is 12.7. The Kier molecular flexibility index (Phi) is 5.76. The Balaban J connectivity index is 1.25. The van der Waals surface area contributed by atoms with Crippen LogP contribution in [-0.2, 0) is 11.3 Å². The number of amides is 3. The van der Waals surface area contributed by atoms with Gasteiger partial charge in [-0.05, 0) is 51.3 Å². The Labute approximate surface area is 181 Å². The van der Waals surface area contributed by atoms with Crippen LogP contribution in [0.2, 0.25) is 0 Å². The molecule has 0 aliphatic carbocycles. The summed E-state index contributed by atoms with van der Waals surface area (Å²) in [5, 5.41) is 9.58. The molecular formula is C21H30N4O4S. The average Bonchev–Trinajstić information content (AvgIpc) is 3.32. The molecule has 1 atom stereocenters. The van der Waals surface area contributed by atoms with E-state index in [2.05, 4.69) is 16.0 Å². The highest BCUT2D eigenvalue weighted by atomic mass is 32.2. The molecule has 3 amide bonds. The van der Waals surface area contributed by atoms with Crippen molar-refractivity contribution in [3.05, 3.63) is 23.8 Å². The van der Waals surface area contributed by atoms with E-state index in [1.807, 2.05) is 43.9 Å². The summed E-state index contributed by atoms with van der Waals surface area (Å²) >= 11 is 1.80. The first kappa shape index (κ1) is 21.1. The lowest BCUT2D eigenvalue weighted by Gasteiger charge is -2.40. The molecule has 1 spiro atoms. The summed E-state index contributed by atoms with van der Waals surface area (Å²) in [4.78, 5) is 26.8. The van der Waals surface area contributed by atoms with Gasteiger partial charge in [-0.25, -0.2) is 4.79 Å².